The highest BCUT2D eigenvalue weighted by molar-refractivity contribution is 5.70. The standard InChI is InChI=1S/C14H12FN5O4/c1-17-12-11(13(21)18(2)14(17)22)19(7-16-12)6-8-9(15)4-3-5-10(8)20(23)24/h3-5,7H,6H2,1-2H3. The van der Waals surface area contributed by atoms with Crippen LogP contribution in [0, 0.1) is 15.9 Å². The van der Waals surface area contributed by atoms with Crippen LogP contribution < -0.4 is 11.2 Å². The zero-order valence-corrected chi connectivity index (χ0v) is 12.8. The molecule has 3 rings (SSSR count). The topological polar surface area (TPSA) is 105 Å². The van der Waals surface area contributed by atoms with Crippen molar-refractivity contribution >= 4 is 16.9 Å². The normalized spacial score (nSPS) is 11.1. The van der Waals surface area contributed by atoms with E-state index in [1.54, 1.807) is 0 Å². The Morgan fingerprint density at radius 2 is 1.96 bits per heavy atom. The number of aromatic nitrogens is 4. The van der Waals surface area contributed by atoms with Gasteiger partial charge in [-0.15, -0.1) is 0 Å². The van der Waals surface area contributed by atoms with Crippen molar-refractivity contribution in [2.45, 2.75) is 6.54 Å². The van der Waals surface area contributed by atoms with Crippen LogP contribution in [-0.4, -0.2) is 23.6 Å². The maximum absolute atomic E-state index is 14.0. The average molecular weight is 333 g/mol. The lowest BCUT2D eigenvalue weighted by Crippen LogP contribution is -2.37. The summed E-state index contributed by atoms with van der Waals surface area (Å²) in [5, 5.41) is 11.1. The van der Waals surface area contributed by atoms with Gasteiger partial charge in [0.1, 0.15) is 5.82 Å². The molecule has 124 valence electrons. The van der Waals surface area contributed by atoms with Gasteiger partial charge in [0.2, 0.25) is 0 Å². The Labute approximate surface area is 133 Å². The van der Waals surface area contributed by atoms with E-state index in [1.165, 1.54) is 41.7 Å². The van der Waals surface area contributed by atoms with Gasteiger partial charge in [0.05, 0.1) is 23.4 Å². The highest BCUT2D eigenvalue weighted by Gasteiger charge is 2.21. The molecule has 3 aromatic rings. The zero-order valence-electron chi connectivity index (χ0n) is 12.8. The molecule has 9 nitrogen and oxygen atoms in total. The van der Waals surface area contributed by atoms with E-state index in [-0.39, 0.29) is 23.3 Å². The number of nitro groups is 1. The number of hydrogen-bond acceptors (Lipinski definition) is 5. The fourth-order valence-corrected chi connectivity index (χ4v) is 2.56. The third-order valence-corrected chi connectivity index (χ3v) is 3.84. The first-order chi connectivity index (χ1) is 11.3. The quantitative estimate of drug-likeness (QED) is 0.513. The van der Waals surface area contributed by atoms with Gasteiger partial charge in [0.25, 0.3) is 11.2 Å². The van der Waals surface area contributed by atoms with Gasteiger partial charge < -0.3 is 4.57 Å². The first-order valence-corrected chi connectivity index (χ1v) is 6.85. The summed E-state index contributed by atoms with van der Waals surface area (Å²) in [6, 6.07) is 3.53. The molecule has 1 aromatic carbocycles. The van der Waals surface area contributed by atoms with Crippen molar-refractivity contribution in [3.8, 4) is 0 Å². The van der Waals surface area contributed by atoms with Crippen LogP contribution in [0.4, 0.5) is 10.1 Å². The second-order valence-electron chi connectivity index (χ2n) is 5.25. The maximum Gasteiger partial charge on any atom is 0.332 e. The molecule has 2 aromatic heterocycles. The lowest BCUT2D eigenvalue weighted by Gasteiger charge is -2.08. The van der Waals surface area contributed by atoms with E-state index in [4.69, 9.17) is 0 Å². The molecule has 0 amide bonds. The van der Waals surface area contributed by atoms with Crippen molar-refractivity contribution in [2.75, 3.05) is 0 Å². The van der Waals surface area contributed by atoms with E-state index in [0.29, 0.717) is 0 Å². The molecule has 0 atom stereocenters. The van der Waals surface area contributed by atoms with Crippen LogP contribution >= 0.6 is 0 Å². The average Bonchev–Trinajstić information content (AvgIpc) is 2.96. The lowest BCUT2D eigenvalue weighted by molar-refractivity contribution is -0.385. The van der Waals surface area contributed by atoms with Gasteiger partial charge in [-0.25, -0.2) is 14.2 Å². The van der Waals surface area contributed by atoms with Crippen LogP contribution in [-0.2, 0) is 20.6 Å². The first kappa shape index (κ1) is 15.6. The Bertz CT molecular complexity index is 1090. The van der Waals surface area contributed by atoms with Gasteiger partial charge in [0, 0.05) is 20.2 Å². The van der Waals surface area contributed by atoms with E-state index >= 15 is 0 Å². The number of aryl methyl sites for hydroxylation is 1. The van der Waals surface area contributed by atoms with Gasteiger partial charge in [-0.2, -0.15) is 0 Å². The minimum Gasteiger partial charge on any atom is -0.320 e. The monoisotopic (exact) mass is 333 g/mol. The Morgan fingerprint density at radius 3 is 2.62 bits per heavy atom. The fourth-order valence-electron chi connectivity index (χ4n) is 2.56. The third kappa shape index (κ3) is 2.19. The van der Waals surface area contributed by atoms with Gasteiger partial charge in [0.15, 0.2) is 11.2 Å². The van der Waals surface area contributed by atoms with Crippen LogP contribution in [0.2, 0.25) is 0 Å². The SMILES string of the molecule is Cn1c(=O)c2c(ncn2Cc2c(F)cccc2[N+](=O)[O-])n(C)c1=O. The molecule has 0 saturated heterocycles. The number of imidazole rings is 1. The van der Waals surface area contributed by atoms with E-state index < -0.39 is 27.7 Å². The minimum absolute atomic E-state index is 0.0668. The van der Waals surface area contributed by atoms with Crippen LogP contribution in [0.1, 0.15) is 5.56 Å². The highest BCUT2D eigenvalue weighted by atomic mass is 19.1. The van der Waals surface area contributed by atoms with Crippen LogP contribution in [0.3, 0.4) is 0 Å². The summed E-state index contributed by atoms with van der Waals surface area (Å²) >= 11 is 0. The van der Waals surface area contributed by atoms with Crippen molar-refractivity contribution in [3.05, 3.63) is 66.9 Å². The summed E-state index contributed by atoms with van der Waals surface area (Å²) < 4.78 is 17.4. The Hall–Kier alpha value is -3.30. The number of fused-ring (bicyclic) bond motifs is 1. The van der Waals surface area contributed by atoms with Gasteiger partial charge in [-0.3, -0.25) is 24.0 Å². The van der Waals surface area contributed by atoms with Gasteiger partial charge in [-0.05, 0) is 6.07 Å². The smallest absolute Gasteiger partial charge is 0.320 e. The number of rotatable bonds is 3. The second-order valence-corrected chi connectivity index (χ2v) is 5.25. The van der Waals surface area contributed by atoms with Crippen molar-refractivity contribution in [3.63, 3.8) is 0 Å². The summed E-state index contributed by atoms with van der Waals surface area (Å²) in [4.78, 5) is 38.6. The second kappa shape index (κ2) is 5.41. The molecule has 10 heteroatoms. The molecule has 0 radical (unpaired) electrons. The molecule has 0 bridgehead atoms. The molecule has 0 aliphatic heterocycles. The number of nitrogens with zero attached hydrogens (tertiary/aromatic N) is 5. The predicted molar refractivity (Wildman–Crippen MR) is 82.4 cm³/mol. The van der Waals surface area contributed by atoms with E-state index in [0.717, 1.165) is 10.6 Å². The summed E-state index contributed by atoms with van der Waals surface area (Å²) in [7, 11) is 2.76. The Balaban J connectivity index is 2.26. The van der Waals surface area contributed by atoms with Gasteiger partial charge >= 0.3 is 5.69 Å². The maximum atomic E-state index is 14.0. The Kier molecular flexibility index (Phi) is 3.51. The molecule has 0 saturated carbocycles. The van der Waals surface area contributed by atoms with Gasteiger partial charge in [-0.1, -0.05) is 6.07 Å². The highest BCUT2D eigenvalue weighted by Crippen LogP contribution is 2.23. The lowest BCUT2D eigenvalue weighted by atomic mass is 10.1. The van der Waals surface area contributed by atoms with E-state index in [2.05, 4.69) is 4.98 Å². The van der Waals surface area contributed by atoms with Crippen LogP contribution in [0.15, 0.2) is 34.1 Å². The van der Waals surface area contributed by atoms with Crippen LogP contribution in [0.25, 0.3) is 11.2 Å². The molecule has 0 spiro atoms. The predicted octanol–water partition coefficient (Wildman–Crippen LogP) is 0.529. The van der Waals surface area contributed by atoms with E-state index in [1.807, 2.05) is 0 Å². The summed E-state index contributed by atoms with van der Waals surface area (Å²) in [5.41, 5.74) is -1.52. The molecule has 0 unspecified atom stereocenters. The first-order valence-electron chi connectivity index (χ1n) is 6.85. The fraction of sp³-hybridized carbons (Fsp3) is 0.214. The summed E-state index contributed by atoms with van der Waals surface area (Å²) in [6.45, 7) is -0.257. The van der Waals surface area contributed by atoms with Crippen molar-refractivity contribution in [2.24, 2.45) is 14.1 Å². The molecular weight excluding hydrogens is 321 g/mol. The molecule has 2 heterocycles. The van der Waals surface area contributed by atoms with Crippen molar-refractivity contribution in [1.82, 2.24) is 18.7 Å². The molecule has 0 fully saturated rings. The Morgan fingerprint density at radius 1 is 1.25 bits per heavy atom. The number of nitro benzene ring substituents is 1. The number of benzene rings is 1. The van der Waals surface area contributed by atoms with Crippen molar-refractivity contribution in [1.29, 1.82) is 0 Å². The molecule has 0 aliphatic carbocycles. The molecule has 0 aliphatic rings. The largest absolute Gasteiger partial charge is 0.332 e. The number of hydrogen-bond donors (Lipinski definition) is 0. The molecular formula is C14H12FN5O4. The molecule has 24 heavy (non-hydrogen) atoms. The molecule has 0 N–H and O–H groups in total. The number of halogens is 1. The summed E-state index contributed by atoms with van der Waals surface area (Å²) in [6.07, 6.45) is 1.25. The van der Waals surface area contributed by atoms with Crippen LogP contribution in [0.5, 0.6) is 0 Å². The summed E-state index contributed by atoms with van der Waals surface area (Å²) in [5.74, 6) is -0.757. The zero-order chi connectivity index (χ0) is 17.6. The minimum atomic E-state index is -0.757. The van der Waals surface area contributed by atoms with E-state index in [9.17, 15) is 24.1 Å². The van der Waals surface area contributed by atoms with Crippen molar-refractivity contribution < 1.29 is 9.31 Å². The third-order valence-electron chi connectivity index (χ3n) is 3.84.